The van der Waals surface area contributed by atoms with E-state index in [1.54, 1.807) is 6.07 Å². The van der Waals surface area contributed by atoms with E-state index in [1.807, 2.05) is 20.8 Å². The van der Waals surface area contributed by atoms with Gasteiger partial charge in [-0.05, 0) is 25.3 Å². The molecule has 0 saturated heterocycles. The van der Waals surface area contributed by atoms with Gasteiger partial charge in [0.15, 0.2) is 0 Å². The van der Waals surface area contributed by atoms with Crippen LogP contribution in [0.4, 0.5) is 0 Å². The summed E-state index contributed by atoms with van der Waals surface area (Å²) >= 11 is 0. The normalized spacial score (nSPS) is 11.8. The lowest BCUT2D eigenvalue weighted by atomic mass is 9.94. The van der Waals surface area contributed by atoms with Gasteiger partial charge in [-0.1, -0.05) is 25.9 Å². The second-order valence-electron chi connectivity index (χ2n) is 5.31. The number of carbonyl (C=O) groups is 1. The summed E-state index contributed by atoms with van der Waals surface area (Å²) in [7, 11) is 0. The molecule has 6 heteroatoms. The number of hydrogen-bond acceptors (Lipinski definition) is 5. The molecule has 0 saturated carbocycles. The summed E-state index contributed by atoms with van der Waals surface area (Å²) in [5, 5.41) is 7.60. The summed E-state index contributed by atoms with van der Waals surface area (Å²) in [6.07, 6.45) is 3.86. The fourth-order valence-electron chi connectivity index (χ4n) is 2.12. The van der Waals surface area contributed by atoms with Crippen molar-refractivity contribution in [3.63, 3.8) is 0 Å². The average molecular weight is 290 g/mol. The smallest absolute Gasteiger partial charge is 0.257 e. The Balaban J connectivity index is 2.16. The van der Waals surface area contributed by atoms with Gasteiger partial charge in [-0.3, -0.25) is 4.79 Å². The Morgan fingerprint density at radius 1 is 1.38 bits per heavy atom. The fourth-order valence-corrected chi connectivity index (χ4v) is 2.12. The van der Waals surface area contributed by atoms with E-state index < -0.39 is 0 Å². The number of rotatable bonds is 6. The Kier molecular flexibility index (Phi) is 4.57. The van der Waals surface area contributed by atoms with Gasteiger partial charge in [0.05, 0.1) is 16.6 Å². The topological polar surface area (TPSA) is 94.0 Å². The standard InChI is InChI=1S/C15H22N4O2/c1-4-12-11-7-10(8-17-14(11)21-19-12)13(20)18-9-15(16,5-2)6-3/h7-8H,4-6,9,16H2,1-3H3,(H,18,20). The predicted octanol–water partition coefficient (Wildman–Crippen LogP) is 2.03. The summed E-state index contributed by atoms with van der Waals surface area (Å²) < 4.78 is 5.11. The van der Waals surface area contributed by atoms with Crippen molar-refractivity contribution in [2.45, 2.75) is 45.6 Å². The zero-order valence-corrected chi connectivity index (χ0v) is 12.8. The molecule has 114 valence electrons. The molecule has 0 spiro atoms. The molecule has 1 amide bonds. The van der Waals surface area contributed by atoms with Crippen LogP contribution in [0.25, 0.3) is 11.1 Å². The zero-order chi connectivity index (χ0) is 15.5. The number of nitrogens with zero attached hydrogens (tertiary/aromatic N) is 2. The van der Waals surface area contributed by atoms with Crippen molar-refractivity contribution in [1.29, 1.82) is 0 Å². The van der Waals surface area contributed by atoms with Gasteiger partial charge >= 0.3 is 0 Å². The van der Waals surface area contributed by atoms with Gasteiger partial charge in [0.2, 0.25) is 0 Å². The first-order valence-electron chi connectivity index (χ1n) is 7.34. The minimum absolute atomic E-state index is 0.177. The molecule has 2 aromatic heterocycles. The van der Waals surface area contributed by atoms with Crippen LogP contribution in [0.2, 0.25) is 0 Å². The maximum Gasteiger partial charge on any atom is 0.257 e. The highest BCUT2D eigenvalue weighted by Gasteiger charge is 2.21. The van der Waals surface area contributed by atoms with E-state index in [9.17, 15) is 4.79 Å². The van der Waals surface area contributed by atoms with Gasteiger partial charge < -0.3 is 15.6 Å². The van der Waals surface area contributed by atoms with E-state index in [1.165, 1.54) is 6.20 Å². The van der Waals surface area contributed by atoms with E-state index in [4.69, 9.17) is 10.3 Å². The summed E-state index contributed by atoms with van der Waals surface area (Å²) in [5.41, 5.74) is 7.59. The maximum atomic E-state index is 12.2. The predicted molar refractivity (Wildman–Crippen MR) is 81.0 cm³/mol. The van der Waals surface area contributed by atoms with Gasteiger partial charge in [-0.15, -0.1) is 0 Å². The minimum atomic E-state index is -0.362. The van der Waals surface area contributed by atoms with Gasteiger partial charge in [0.1, 0.15) is 0 Å². The lowest BCUT2D eigenvalue weighted by Gasteiger charge is -2.26. The van der Waals surface area contributed by atoms with E-state index >= 15 is 0 Å². The molecule has 3 N–H and O–H groups in total. The number of nitrogens with one attached hydrogen (secondary N) is 1. The number of hydrogen-bond donors (Lipinski definition) is 2. The number of fused-ring (bicyclic) bond motifs is 1. The van der Waals surface area contributed by atoms with E-state index in [2.05, 4.69) is 15.5 Å². The Bertz CT molecular complexity index is 632. The van der Waals surface area contributed by atoms with Crippen LogP contribution in [0.1, 0.15) is 49.7 Å². The quantitative estimate of drug-likeness (QED) is 0.849. The molecule has 0 unspecified atom stereocenters. The Hall–Kier alpha value is -1.95. The van der Waals surface area contributed by atoms with Crippen LogP contribution >= 0.6 is 0 Å². The van der Waals surface area contributed by atoms with Crippen LogP contribution in [0.5, 0.6) is 0 Å². The molecule has 2 heterocycles. The van der Waals surface area contributed by atoms with Crippen LogP contribution in [0, 0.1) is 0 Å². The molecule has 0 aliphatic rings. The lowest BCUT2D eigenvalue weighted by Crippen LogP contribution is -2.49. The number of aryl methyl sites for hydroxylation is 1. The van der Waals surface area contributed by atoms with E-state index in [0.29, 0.717) is 17.8 Å². The number of aromatic nitrogens is 2. The largest absolute Gasteiger partial charge is 0.350 e. The monoisotopic (exact) mass is 290 g/mol. The van der Waals surface area contributed by atoms with Crippen LogP contribution in [-0.2, 0) is 6.42 Å². The van der Waals surface area contributed by atoms with Crippen LogP contribution < -0.4 is 11.1 Å². The minimum Gasteiger partial charge on any atom is -0.350 e. The van der Waals surface area contributed by atoms with Gasteiger partial charge in [-0.2, -0.15) is 0 Å². The summed E-state index contributed by atoms with van der Waals surface area (Å²) in [5.74, 6) is -0.177. The molecule has 2 aromatic rings. The van der Waals surface area contributed by atoms with Gasteiger partial charge in [0, 0.05) is 18.3 Å². The summed E-state index contributed by atoms with van der Waals surface area (Å²) in [6.45, 7) is 6.47. The summed E-state index contributed by atoms with van der Waals surface area (Å²) in [4.78, 5) is 16.4. The van der Waals surface area contributed by atoms with E-state index in [0.717, 1.165) is 30.3 Å². The SMILES string of the molecule is CCc1noc2ncc(C(=O)NCC(N)(CC)CC)cc12. The third kappa shape index (κ3) is 3.21. The molecule has 21 heavy (non-hydrogen) atoms. The third-order valence-electron chi connectivity index (χ3n) is 4.01. The fraction of sp³-hybridized carbons (Fsp3) is 0.533. The Morgan fingerprint density at radius 3 is 2.71 bits per heavy atom. The molecule has 0 bridgehead atoms. The molecule has 6 nitrogen and oxygen atoms in total. The van der Waals surface area contributed by atoms with Crippen LogP contribution in [-0.4, -0.2) is 28.1 Å². The Morgan fingerprint density at radius 2 is 2.10 bits per heavy atom. The first-order chi connectivity index (χ1) is 10.0. The molecule has 0 atom stereocenters. The summed E-state index contributed by atoms with van der Waals surface area (Å²) in [6, 6.07) is 1.77. The van der Waals surface area contributed by atoms with Gasteiger partial charge in [0.25, 0.3) is 11.6 Å². The first kappa shape index (κ1) is 15.4. The molecule has 0 aliphatic carbocycles. The van der Waals surface area contributed by atoms with Crippen LogP contribution in [0.15, 0.2) is 16.8 Å². The number of nitrogens with two attached hydrogens (primary N) is 1. The van der Waals surface area contributed by atoms with Crippen molar-refractivity contribution >= 4 is 17.0 Å². The Labute approximate surface area is 124 Å². The molecule has 0 fully saturated rings. The molecule has 0 radical (unpaired) electrons. The molecule has 0 aromatic carbocycles. The van der Waals surface area contributed by atoms with Gasteiger partial charge in [-0.25, -0.2) is 4.98 Å². The number of pyridine rings is 1. The van der Waals surface area contributed by atoms with Crippen molar-refractivity contribution in [3.8, 4) is 0 Å². The van der Waals surface area contributed by atoms with Crippen LogP contribution in [0.3, 0.4) is 0 Å². The highest BCUT2D eigenvalue weighted by atomic mass is 16.5. The molecular formula is C15H22N4O2. The lowest BCUT2D eigenvalue weighted by molar-refractivity contribution is 0.0942. The molecular weight excluding hydrogens is 268 g/mol. The van der Waals surface area contributed by atoms with Crippen molar-refractivity contribution in [3.05, 3.63) is 23.5 Å². The second kappa shape index (κ2) is 6.22. The molecule has 0 aliphatic heterocycles. The molecule has 2 rings (SSSR count). The first-order valence-corrected chi connectivity index (χ1v) is 7.34. The third-order valence-corrected chi connectivity index (χ3v) is 4.01. The van der Waals surface area contributed by atoms with Crippen molar-refractivity contribution < 1.29 is 9.32 Å². The number of carbonyl (C=O) groups excluding carboxylic acids is 1. The van der Waals surface area contributed by atoms with Crippen molar-refractivity contribution in [2.75, 3.05) is 6.54 Å². The van der Waals surface area contributed by atoms with E-state index in [-0.39, 0.29) is 11.4 Å². The average Bonchev–Trinajstić information content (AvgIpc) is 2.94. The highest BCUT2D eigenvalue weighted by molar-refractivity contribution is 5.97. The zero-order valence-electron chi connectivity index (χ0n) is 12.8. The second-order valence-corrected chi connectivity index (χ2v) is 5.31. The van der Waals surface area contributed by atoms with Crippen molar-refractivity contribution in [2.24, 2.45) is 5.73 Å². The highest BCUT2D eigenvalue weighted by Crippen LogP contribution is 2.18. The maximum absolute atomic E-state index is 12.2. The number of amides is 1. The van der Waals surface area contributed by atoms with Crippen molar-refractivity contribution in [1.82, 2.24) is 15.5 Å².